The minimum Gasteiger partial charge on any atom is -0.463 e. The lowest BCUT2D eigenvalue weighted by molar-refractivity contribution is 0.0563. The molecule has 0 radical (unpaired) electrons. The molecule has 2 rings (SSSR count). The average molecular weight is 264 g/mol. The van der Waals surface area contributed by atoms with Crippen molar-refractivity contribution in [2.45, 2.75) is 26.4 Å². The molecular weight excluding hydrogens is 248 g/mol. The van der Waals surface area contributed by atoms with Crippen molar-refractivity contribution in [3.05, 3.63) is 41.5 Å². The van der Waals surface area contributed by atoms with Crippen molar-refractivity contribution in [1.29, 1.82) is 0 Å². The molecule has 1 atom stereocenters. The SMILES string of the molecule is COC(=O)c1occc1CNC(C)c1ncc(C)o1. The first-order chi connectivity index (χ1) is 9.11. The molecule has 0 bridgehead atoms. The van der Waals surface area contributed by atoms with E-state index in [9.17, 15) is 4.79 Å². The van der Waals surface area contributed by atoms with Crippen LogP contribution in [-0.4, -0.2) is 18.1 Å². The Labute approximate surface area is 110 Å². The van der Waals surface area contributed by atoms with Crippen LogP contribution in [0.1, 0.15) is 40.7 Å². The lowest BCUT2D eigenvalue weighted by Gasteiger charge is -2.09. The van der Waals surface area contributed by atoms with Crippen molar-refractivity contribution in [2.75, 3.05) is 7.11 Å². The van der Waals surface area contributed by atoms with Gasteiger partial charge in [0.05, 0.1) is 25.6 Å². The largest absolute Gasteiger partial charge is 0.463 e. The van der Waals surface area contributed by atoms with Gasteiger partial charge in [0.15, 0.2) is 0 Å². The van der Waals surface area contributed by atoms with Gasteiger partial charge in [-0.05, 0) is 19.9 Å². The summed E-state index contributed by atoms with van der Waals surface area (Å²) in [7, 11) is 1.32. The van der Waals surface area contributed by atoms with Gasteiger partial charge >= 0.3 is 5.97 Å². The highest BCUT2D eigenvalue weighted by Crippen LogP contribution is 2.15. The summed E-state index contributed by atoms with van der Waals surface area (Å²) in [6.45, 7) is 4.24. The highest BCUT2D eigenvalue weighted by Gasteiger charge is 2.17. The van der Waals surface area contributed by atoms with Crippen LogP contribution in [0.25, 0.3) is 0 Å². The van der Waals surface area contributed by atoms with Gasteiger partial charge in [-0.25, -0.2) is 9.78 Å². The maximum absolute atomic E-state index is 11.4. The number of aromatic nitrogens is 1. The topological polar surface area (TPSA) is 77.5 Å². The van der Waals surface area contributed by atoms with Crippen LogP contribution < -0.4 is 5.32 Å². The van der Waals surface area contributed by atoms with Gasteiger partial charge in [0.1, 0.15) is 5.76 Å². The number of ether oxygens (including phenoxy) is 1. The lowest BCUT2D eigenvalue weighted by Crippen LogP contribution is -2.19. The van der Waals surface area contributed by atoms with Crippen molar-refractivity contribution >= 4 is 5.97 Å². The maximum Gasteiger partial charge on any atom is 0.374 e. The predicted molar refractivity (Wildman–Crippen MR) is 66.5 cm³/mol. The number of nitrogens with zero attached hydrogens (tertiary/aromatic N) is 1. The first kappa shape index (κ1) is 13.4. The zero-order valence-corrected chi connectivity index (χ0v) is 11.1. The van der Waals surface area contributed by atoms with Crippen LogP contribution in [0.15, 0.2) is 27.4 Å². The van der Waals surface area contributed by atoms with E-state index in [1.807, 2.05) is 13.8 Å². The molecule has 0 aliphatic rings. The van der Waals surface area contributed by atoms with Crippen molar-refractivity contribution in [1.82, 2.24) is 10.3 Å². The summed E-state index contributed by atoms with van der Waals surface area (Å²) < 4.78 is 15.2. The molecule has 2 aromatic heterocycles. The fourth-order valence-corrected chi connectivity index (χ4v) is 1.67. The number of hydrogen-bond donors (Lipinski definition) is 1. The Morgan fingerprint density at radius 1 is 1.58 bits per heavy atom. The Balaban J connectivity index is 1.99. The summed E-state index contributed by atoms with van der Waals surface area (Å²) >= 11 is 0. The molecule has 0 aromatic carbocycles. The number of esters is 1. The fraction of sp³-hybridized carbons (Fsp3) is 0.385. The number of carbonyl (C=O) groups is 1. The number of methoxy groups -OCH3 is 1. The van der Waals surface area contributed by atoms with Crippen LogP contribution in [0.4, 0.5) is 0 Å². The molecule has 1 unspecified atom stereocenters. The van der Waals surface area contributed by atoms with Crippen molar-refractivity contribution in [3.8, 4) is 0 Å². The van der Waals surface area contributed by atoms with E-state index in [2.05, 4.69) is 15.0 Å². The van der Waals surface area contributed by atoms with Gasteiger partial charge in [-0.2, -0.15) is 0 Å². The van der Waals surface area contributed by atoms with Gasteiger partial charge in [0.25, 0.3) is 0 Å². The molecule has 0 fully saturated rings. The monoisotopic (exact) mass is 264 g/mol. The lowest BCUT2D eigenvalue weighted by atomic mass is 10.2. The predicted octanol–water partition coefficient (Wildman–Crippen LogP) is 2.21. The zero-order valence-electron chi connectivity index (χ0n) is 11.1. The smallest absolute Gasteiger partial charge is 0.374 e. The normalized spacial score (nSPS) is 12.4. The standard InChI is InChI=1S/C13H16N2O4/c1-8-6-15-12(19-8)9(2)14-7-10-4-5-18-11(10)13(16)17-3/h4-6,9,14H,7H2,1-3H3. The summed E-state index contributed by atoms with van der Waals surface area (Å²) in [4.78, 5) is 15.6. The Morgan fingerprint density at radius 2 is 2.37 bits per heavy atom. The van der Waals surface area contributed by atoms with E-state index < -0.39 is 5.97 Å². The molecule has 6 heteroatoms. The van der Waals surface area contributed by atoms with Crippen LogP contribution in [0.5, 0.6) is 0 Å². The van der Waals surface area contributed by atoms with Gasteiger partial charge in [-0.1, -0.05) is 0 Å². The Morgan fingerprint density at radius 3 is 3.00 bits per heavy atom. The van der Waals surface area contributed by atoms with Gasteiger partial charge in [0.2, 0.25) is 11.7 Å². The van der Waals surface area contributed by atoms with Crippen LogP contribution in [0, 0.1) is 6.92 Å². The Hall–Kier alpha value is -2.08. The second kappa shape index (κ2) is 5.71. The van der Waals surface area contributed by atoms with Gasteiger partial charge in [-0.3, -0.25) is 0 Å². The van der Waals surface area contributed by atoms with Gasteiger partial charge in [0, 0.05) is 12.1 Å². The Bertz CT molecular complexity index is 558. The van der Waals surface area contributed by atoms with Gasteiger partial charge < -0.3 is 18.9 Å². The fourth-order valence-electron chi connectivity index (χ4n) is 1.67. The molecule has 0 spiro atoms. The zero-order chi connectivity index (χ0) is 13.8. The summed E-state index contributed by atoms with van der Waals surface area (Å²) in [6, 6.07) is 1.67. The van der Waals surface area contributed by atoms with E-state index in [0.717, 1.165) is 11.3 Å². The second-order valence-corrected chi connectivity index (χ2v) is 4.18. The molecule has 2 heterocycles. The third-order valence-corrected chi connectivity index (χ3v) is 2.73. The second-order valence-electron chi connectivity index (χ2n) is 4.18. The van der Waals surface area contributed by atoms with E-state index in [-0.39, 0.29) is 11.8 Å². The van der Waals surface area contributed by atoms with E-state index in [1.165, 1.54) is 13.4 Å². The maximum atomic E-state index is 11.4. The third kappa shape index (κ3) is 3.03. The molecule has 0 saturated heterocycles. The van der Waals surface area contributed by atoms with Crippen molar-refractivity contribution in [2.24, 2.45) is 0 Å². The summed E-state index contributed by atoms with van der Waals surface area (Å²) in [6.07, 6.45) is 3.13. The molecule has 0 aliphatic heterocycles. The van der Waals surface area contributed by atoms with E-state index in [4.69, 9.17) is 8.83 Å². The van der Waals surface area contributed by atoms with Crippen molar-refractivity contribution < 1.29 is 18.4 Å². The van der Waals surface area contributed by atoms with Crippen LogP contribution in [-0.2, 0) is 11.3 Å². The van der Waals surface area contributed by atoms with E-state index >= 15 is 0 Å². The number of furan rings is 1. The first-order valence-electron chi connectivity index (χ1n) is 5.92. The number of aryl methyl sites for hydroxylation is 1. The molecule has 0 amide bonds. The number of rotatable bonds is 5. The molecule has 1 N–H and O–H groups in total. The summed E-state index contributed by atoms with van der Waals surface area (Å²) in [5.41, 5.74) is 0.738. The average Bonchev–Trinajstić information content (AvgIpc) is 3.03. The summed E-state index contributed by atoms with van der Waals surface area (Å²) in [5, 5.41) is 3.21. The van der Waals surface area contributed by atoms with E-state index in [0.29, 0.717) is 12.4 Å². The first-order valence-corrected chi connectivity index (χ1v) is 5.92. The molecule has 6 nitrogen and oxygen atoms in total. The summed E-state index contributed by atoms with van der Waals surface area (Å²) in [5.74, 6) is 1.11. The molecule has 0 saturated carbocycles. The number of hydrogen-bond acceptors (Lipinski definition) is 6. The third-order valence-electron chi connectivity index (χ3n) is 2.73. The van der Waals surface area contributed by atoms with Crippen molar-refractivity contribution in [3.63, 3.8) is 0 Å². The molecule has 2 aromatic rings. The molecule has 19 heavy (non-hydrogen) atoms. The minimum absolute atomic E-state index is 0.0610. The quantitative estimate of drug-likeness (QED) is 0.834. The number of nitrogens with one attached hydrogen (secondary N) is 1. The molecule has 102 valence electrons. The molecule has 0 aliphatic carbocycles. The number of oxazole rings is 1. The minimum atomic E-state index is -0.485. The highest BCUT2D eigenvalue weighted by atomic mass is 16.5. The van der Waals surface area contributed by atoms with E-state index in [1.54, 1.807) is 12.3 Å². The Kier molecular flexibility index (Phi) is 4.01. The molecular formula is C13H16N2O4. The van der Waals surface area contributed by atoms with Crippen LogP contribution in [0.2, 0.25) is 0 Å². The van der Waals surface area contributed by atoms with Gasteiger partial charge in [-0.15, -0.1) is 0 Å². The number of carbonyl (C=O) groups excluding carboxylic acids is 1. The van der Waals surface area contributed by atoms with Crippen LogP contribution in [0.3, 0.4) is 0 Å². The highest BCUT2D eigenvalue weighted by molar-refractivity contribution is 5.87. The van der Waals surface area contributed by atoms with Crippen LogP contribution >= 0.6 is 0 Å².